The van der Waals surface area contributed by atoms with Crippen molar-refractivity contribution in [2.24, 2.45) is 5.41 Å². The molecule has 1 amide bonds. The van der Waals surface area contributed by atoms with E-state index >= 15 is 0 Å². The number of ether oxygens (including phenoxy) is 2. The predicted octanol–water partition coefficient (Wildman–Crippen LogP) is 7.16. The Morgan fingerprint density at radius 2 is 1.87 bits per heavy atom. The summed E-state index contributed by atoms with van der Waals surface area (Å²) in [6.45, 7) is 2.27. The van der Waals surface area contributed by atoms with Gasteiger partial charge in [-0.1, -0.05) is 48.5 Å². The van der Waals surface area contributed by atoms with Gasteiger partial charge < -0.3 is 19.7 Å². The van der Waals surface area contributed by atoms with Crippen LogP contribution in [0.5, 0.6) is 0 Å². The van der Waals surface area contributed by atoms with Gasteiger partial charge in [-0.15, -0.1) is 0 Å². The van der Waals surface area contributed by atoms with Gasteiger partial charge >= 0.3 is 12.3 Å². The molecule has 2 saturated heterocycles. The molecule has 3 aromatic heterocycles. The Morgan fingerprint density at radius 3 is 2.64 bits per heavy atom. The summed E-state index contributed by atoms with van der Waals surface area (Å²) in [7, 11) is 0. The van der Waals surface area contributed by atoms with Gasteiger partial charge in [0.2, 0.25) is 0 Å². The third kappa shape index (κ3) is 6.75. The molecular weight excluding hydrogens is 631 g/mol. The van der Waals surface area contributed by atoms with E-state index in [2.05, 4.69) is 15.2 Å². The van der Waals surface area contributed by atoms with Crippen molar-refractivity contribution in [1.29, 1.82) is 0 Å². The minimum atomic E-state index is -4.60. The van der Waals surface area contributed by atoms with Gasteiger partial charge in [0.05, 0.1) is 6.20 Å². The number of piperidine rings is 1. The van der Waals surface area contributed by atoms with E-state index < -0.39 is 11.9 Å². The maximum Gasteiger partial charge on any atom is 0.434 e. The van der Waals surface area contributed by atoms with E-state index in [1.54, 1.807) is 10.9 Å². The quantitative estimate of drug-likeness (QED) is 0.220. The standard InChI is InChI=1S/C33H36F3N7O3S/c34-33(35,36)28-23(10-7-16-37-28)47-30-27-29(43(41-30)26-12-4-5-19-45-26)40-25(20-38-27)42-17-14-32(15-18-42)13-6-11-24(32)39-31(44)46-21-22-8-2-1-3-9-22/h1-3,7-10,16,20,24,26H,4-6,11-15,17-19,21H2,(H,39,44). The molecule has 2 unspecified atom stereocenters. The first-order valence-corrected chi connectivity index (χ1v) is 16.9. The van der Waals surface area contributed by atoms with Gasteiger partial charge in [-0.05, 0) is 68.1 Å². The summed E-state index contributed by atoms with van der Waals surface area (Å²) in [6.07, 6.45) is 4.81. The van der Waals surface area contributed by atoms with Gasteiger partial charge in [0.25, 0.3) is 0 Å². The molecule has 248 valence electrons. The summed E-state index contributed by atoms with van der Waals surface area (Å²) in [6, 6.07) is 12.5. The van der Waals surface area contributed by atoms with E-state index in [1.165, 1.54) is 12.1 Å². The fourth-order valence-corrected chi connectivity index (χ4v) is 8.04. The third-order valence-electron chi connectivity index (χ3n) is 9.53. The number of aromatic nitrogens is 5. The third-order valence-corrected chi connectivity index (χ3v) is 10.5. The zero-order chi connectivity index (χ0) is 32.4. The van der Waals surface area contributed by atoms with Gasteiger partial charge in [0, 0.05) is 36.8 Å². The van der Waals surface area contributed by atoms with Gasteiger partial charge in [-0.25, -0.2) is 19.4 Å². The lowest BCUT2D eigenvalue weighted by Gasteiger charge is -2.43. The molecule has 3 fully saturated rings. The molecule has 2 atom stereocenters. The number of rotatable bonds is 7. The first-order chi connectivity index (χ1) is 22.8. The number of alkyl carbamates (subject to hydrolysis) is 1. The average Bonchev–Trinajstić information content (AvgIpc) is 3.64. The van der Waals surface area contributed by atoms with E-state index in [1.807, 2.05) is 30.3 Å². The van der Waals surface area contributed by atoms with Crippen molar-refractivity contribution in [2.45, 2.75) is 86.3 Å². The smallest absolute Gasteiger partial charge is 0.434 e. The van der Waals surface area contributed by atoms with Crippen molar-refractivity contribution in [2.75, 3.05) is 24.6 Å². The first kappa shape index (κ1) is 31.7. The number of benzene rings is 1. The van der Waals surface area contributed by atoms with Crippen LogP contribution in [0.15, 0.2) is 64.8 Å². The summed E-state index contributed by atoms with van der Waals surface area (Å²) in [5.41, 5.74) is 0.878. The van der Waals surface area contributed by atoms with Crippen molar-refractivity contribution in [3.63, 3.8) is 0 Å². The number of fused-ring (bicyclic) bond motifs is 1. The molecule has 1 aromatic carbocycles. The molecule has 0 bridgehead atoms. The molecule has 47 heavy (non-hydrogen) atoms. The molecule has 1 aliphatic carbocycles. The topological polar surface area (TPSA) is 107 Å². The van der Waals surface area contributed by atoms with Gasteiger partial charge in [-0.3, -0.25) is 4.98 Å². The van der Waals surface area contributed by atoms with Gasteiger partial charge in [0.15, 0.2) is 22.6 Å². The van der Waals surface area contributed by atoms with Crippen molar-refractivity contribution in [3.8, 4) is 0 Å². The van der Waals surface area contributed by atoms with E-state index in [0.29, 0.717) is 28.6 Å². The van der Waals surface area contributed by atoms with Crippen LogP contribution in [0.3, 0.4) is 0 Å². The fraction of sp³-hybridized carbons (Fsp3) is 0.485. The number of carbonyl (C=O) groups excluding carboxylic acids is 1. The average molecular weight is 668 g/mol. The number of amides is 1. The molecule has 2 aliphatic heterocycles. The number of hydrogen-bond donors (Lipinski definition) is 1. The van der Waals surface area contributed by atoms with E-state index in [0.717, 1.165) is 88.0 Å². The molecule has 3 aliphatic rings. The number of alkyl halides is 3. The van der Waals surface area contributed by atoms with Crippen molar-refractivity contribution in [3.05, 3.63) is 66.1 Å². The number of halogens is 3. The Morgan fingerprint density at radius 1 is 1.04 bits per heavy atom. The Labute approximate surface area is 274 Å². The van der Waals surface area contributed by atoms with Crippen LogP contribution >= 0.6 is 11.8 Å². The fourth-order valence-electron chi connectivity index (χ4n) is 7.05. The number of pyridine rings is 1. The van der Waals surface area contributed by atoms with Crippen LogP contribution < -0.4 is 10.2 Å². The minimum Gasteiger partial charge on any atom is -0.445 e. The van der Waals surface area contributed by atoms with E-state index in [9.17, 15) is 18.0 Å². The molecule has 10 nitrogen and oxygen atoms in total. The minimum absolute atomic E-state index is 0.0127. The van der Waals surface area contributed by atoms with Crippen LogP contribution in [0, 0.1) is 5.41 Å². The van der Waals surface area contributed by atoms with Gasteiger partial charge in [0.1, 0.15) is 17.9 Å². The first-order valence-electron chi connectivity index (χ1n) is 16.1. The lowest BCUT2D eigenvalue weighted by Crippen LogP contribution is -2.50. The molecule has 0 radical (unpaired) electrons. The van der Waals surface area contributed by atoms with Crippen LogP contribution in [-0.4, -0.2) is 56.6 Å². The molecular formula is C33H36F3N7O3S. The van der Waals surface area contributed by atoms with Crippen LogP contribution in [0.2, 0.25) is 0 Å². The van der Waals surface area contributed by atoms with Crippen molar-refractivity contribution >= 4 is 34.8 Å². The van der Waals surface area contributed by atoms with Crippen LogP contribution in [0.1, 0.15) is 68.9 Å². The number of hydrogen-bond acceptors (Lipinski definition) is 9. The summed E-state index contributed by atoms with van der Waals surface area (Å²) in [5.74, 6) is 0.683. The Hall–Kier alpha value is -3.91. The molecule has 1 spiro atoms. The molecule has 4 aromatic rings. The summed E-state index contributed by atoms with van der Waals surface area (Å²) >= 11 is 0.886. The molecule has 14 heteroatoms. The van der Waals surface area contributed by atoms with Crippen molar-refractivity contribution in [1.82, 2.24) is 30.0 Å². The van der Waals surface area contributed by atoms with Crippen LogP contribution in [0.25, 0.3) is 11.2 Å². The zero-order valence-corrected chi connectivity index (χ0v) is 26.6. The molecule has 5 heterocycles. The lowest BCUT2D eigenvalue weighted by molar-refractivity contribution is -0.143. The highest BCUT2D eigenvalue weighted by Crippen LogP contribution is 2.47. The van der Waals surface area contributed by atoms with Crippen molar-refractivity contribution < 1.29 is 27.4 Å². The monoisotopic (exact) mass is 667 g/mol. The Bertz CT molecular complexity index is 1710. The lowest BCUT2D eigenvalue weighted by atomic mass is 9.74. The second kappa shape index (κ2) is 13.3. The Kier molecular flexibility index (Phi) is 8.97. The maximum absolute atomic E-state index is 13.7. The van der Waals surface area contributed by atoms with Crippen LogP contribution in [-0.2, 0) is 22.3 Å². The predicted molar refractivity (Wildman–Crippen MR) is 169 cm³/mol. The highest BCUT2D eigenvalue weighted by molar-refractivity contribution is 7.99. The summed E-state index contributed by atoms with van der Waals surface area (Å²) in [5, 5.41) is 8.19. The number of anilines is 1. The van der Waals surface area contributed by atoms with Gasteiger partial charge in [-0.2, -0.15) is 18.3 Å². The number of nitrogens with one attached hydrogen (secondary N) is 1. The zero-order valence-electron chi connectivity index (χ0n) is 25.8. The number of nitrogens with zero attached hydrogens (tertiary/aromatic N) is 6. The normalized spacial score (nSPS) is 21.3. The molecule has 1 saturated carbocycles. The van der Waals surface area contributed by atoms with E-state index in [-0.39, 0.29) is 35.3 Å². The summed E-state index contributed by atoms with van der Waals surface area (Å²) < 4.78 is 54.4. The highest BCUT2D eigenvalue weighted by Gasteiger charge is 2.46. The SMILES string of the molecule is O=C(NC1CCCC12CCN(c1cnc3c(Sc4cccnc4C(F)(F)F)nn(C4CCCCO4)c3n1)CC2)OCc1ccccc1. The number of carbonyl (C=O) groups is 1. The Balaban J connectivity index is 1.08. The largest absolute Gasteiger partial charge is 0.445 e. The molecule has 1 N–H and O–H groups in total. The molecule has 7 rings (SSSR count). The second-order valence-electron chi connectivity index (χ2n) is 12.4. The highest BCUT2D eigenvalue weighted by atomic mass is 32.2. The van der Waals surface area contributed by atoms with Crippen LogP contribution in [0.4, 0.5) is 23.8 Å². The summed E-state index contributed by atoms with van der Waals surface area (Å²) in [4.78, 5) is 28.1. The second-order valence-corrected chi connectivity index (χ2v) is 13.5. The maximum atomic E-state index is 13.7. The van der Waals surface area contributed by atoms with E-state index in [4.69, 9.17) is 24.5 Å².